The molecule has 132 valence electrons. The van der Waals surface area contributed by atoms with Crippen molar-refractivity contribution in [2.24, 2.45) is 0 Å². The third-order valence-corrected chi connectivity index (χ3v) is 3.75. The van der Waals surface area contributed by atoms with Gasteiger partial charge in [0.05, 0.1) is 27.8 Å². The van der Waals surface area contributed by atoms with Gasteiger partial charge in [0, 0.05) is 11.8 Å². The van der Waals surface area contributed by atoms with E-state index in [1.807, 2.05) is 0 Å². The molecule has 1 aliphatic rings. The highest BCUT2D eigenvalue weighted by atomic mass is 16.7. The summed E-state index contributed by atoms with van der Waals surface area (Å²) in [5.74, 6) is 2.62. The standard InChI is InChI=1S/C18H19NO6/c1-21-15-6-11(7-16(22-2)18(15)23-3)8-17(20)19-12-4-5-13-14(9-12)25-10-24-13/h4-7,9H,8,10H2,1-3H3,(H,19,20). The van der Waals surface area contributed by atoms with Gasteiger partial charge in [-0.05, 0) is 29.8 Å². The summed E-state index contributed by atoms with van der Waals surface area (Å²) in [6.45, 7) is 0.193. The van der Waals surface area contributed by atoms with E-state index in [0.29, 0.717) is 34.4 Å². The van der Waals surface area contributed by atoms with Crippen LogP contribution in [0.25, 0.3) is 0 Å². The van der Waals surface area contributed by atoms with Crippen molar-refractivity contribution in [3.63, 3.8) is 0 Å². The van der Waals surface area contributed by atoms with Gasteiger partial charge in [-0.25, -0.2) is 0 Å². The average Bonchev–Trinajstić information content (AvgIpc) is 3.08. The smallest absolute Gasteiger partial charge is 0.231 e. The van der Waals surface area contributed by atoms with Crippen LogP contribution in [-0.2, 0) is 11.2 Å². The van der Waals surface area contributed by atoms with Gasteiger partial charge in [-0.1, -0.05) is 0 Å². The van der Waals surface area contributed by atoms with Crippen molar-refractivity contribution in [2.45, 2.75) is 6.42 Å². The molecule has 0 fully saturated rings. The van der Waals surface area contributed by atoms with Gasteiger partial charge in [0.1, 0.15) is 0 Å². The number of rotatable bonds is 6. The number of anilines is 1. The Morgan fingerprint density at radius 2 is 1.68 bits per heavy atom. The number of amides is 1. The quantitative estimate of drug-likeness (QED) is 0.867. The second kappa shape index (κ2) is 7.21. The van der Waals surface area contributed by atoms with Crippen LogP contribution in [0.1, 0.15) is 5.56 Å². The summed E-state index contributed by atoms with van der Waals surface area (Å²) in [6.07, 6.45) is 0.158. The minimum atomic E-state index is -0.173. The second-order valence-corrected chi connectivity index (χ2v) is 5.33. The third kappa shape index (κ3) is 3.55. The van der Waals surface area contributed by atoms with Crippen molar-refractivity contribution in [3.8, 4) is 28.7 Å². The van der Waals surface area contributed by atoms with E-state index in [2.05, 4.69) is 5.32 Å². The average molecular weight is 345 g/mol. The molecule has 0 bridgehead atoms. The summed E-state index contributed by atoms with van der Waals surface area (Å²) >= 11 is 0. The normalized spacial score (nSPS) is 11.8. The van der Waals surface area contributed by atoms with Crippen LogP contribution in [0.2, 0.25) is 0 Å². The maximum absolute atomic E-state index is 12.3. The predicted molar refractivity (Wildman–Crippen MR) is 91.0 cm³/mol. The molecule has 0 aliphatic carbocycles. The number of methoxy groups -OCH3 is 3. The molecular formula is C18H19NO6. The summed E-state index contributed by atoms with van der Waals surface area (Å²) in [4.78, 5) is 12.3. The van der Waals surface area contributed by atoms with Gasteiger partial charge < -0.3 is 29.0 Å². The van der Waals surface area contributed by atoms with Crippen LogP contribution < -0.4 is 29.0 Å². The first-order chi connectivity index (χ1) is 12.1. The van der Waals surface area contributed by atoms with Crippen LogP contribution >= 0.6 is 0 Å². The summed E-state index contributed by atoms with van der Waals surface area (Å²) in [7, 11) is 4.61. The highest BCUT2D eigenvalue weighted by Crippen LogP contribution is 2.38. The van der Waals surface area contributed by atoms with Gasteiger partial charge in [-0.3, -0.25) is 4.79 Å². The Balaban J connectivity index is 1.74. The predicted octanol–water partition coefficient (Wildman–Crippen LogP) is 2.62. The monoisotopic (exact) mass is 345 g/mol. The molecule has 1 N–H and O–H groups in total. The number of carbonyl (C=O) groups excluding carboxylic acids is 1. The number of hydrogen-bond donors (Lipinski definition) is 1. The molecule has 25 heavy (non-hydrogen) atoms. The van der Waals surface area contributed by atoms with Crippen LogP contribution in [0.15, 0.2) is 30.3 Å². The van der Waals surface area contributed by atoms with Crippen LogP contribution in [0, 0.1) is 0 Å². The molecule has 1 heterocycles. The molecule has 0 saturated heterocycles. The SMILES string of the molecule is COc1cc(CC(=O)Nc2ccc3c(c2)OCO3)cc(OC)c1OC. The molecule has 0 unspecified atom stereocenters. The van der Waals surface area contributed by atoms with Crippen LogP contribution in [0.4, 0.5) is 5.69 Å². The molecule has 7 nitrogen and oxygen atoms in total. The molecule has 0 aromatic heterocycles. The maximum Gasteiger partial charge on any atom is 0.231 e. The van der Waals surface area contributed by atoms with Crippen molar-refractivity contribution in [1.82, 2.24) is 0 Å². The fraction of sp³-hybridized carbons (Fsp3) is 0.278. The molecule has 1 aliphatic heterocycles. The topological polar surface area (TPSA) is 75.3 Å². The first-order valence-electron chi connectivity index (χ1n) is 7.63. The van der Waals surface area contributed by atoms with Crippen LogP contribution in [0.5, 0.6) is 28.7 Å². The van der Waals surface area contributed by atoms with E-state index in [1.165, 1.54) is 21.3 Å². The molecule has 0 atom stereocenters. The summed E-state index contributed by atoms with van der Waals surface area (Å²) in [6, 6.07) is 8.76. The molecule has 1 amide bonds. The third-order valence-electron chi connectivity index (χ3n) is 3.75. The lowest BCUT2D eigenvalue weighted by Crippen LogP contribution is -2.14. The number of nitrogens with one attached hydrogen (secondary N) is 1. The number of fused-ring (bicyclic) bond motifs is 1. The Morgan fingerprint density at radius 3 is 2.32 bits per heavy atom. The lowest BCUT2D eigenvalue weighted by Gasteiger charge is -2.14. The van der Waals surface area contributed by atoms with Gasteiger partial charge in [0.2, 0.25) is 18.4 Å². The zero-order valence-electron chi connectivity index (χ0n) is 14.3. The Morgan fingerprint density at radius 1 is 1.00 bits per heavy atom. The fourth-order valence-corrected chi connectivity index (χ4v) is 2.60. The molecule has 0 spiro atoms. The molecule has 3 rings (SSSR count). The Kier molecular flexibility index (Phi) is 4.83. The van der Waals surface area contributed by atoms with E-state index >= 15 is 0 Å². The molecule has 0 radical (unpaired) electrons. The van der Waals surface area contributed by atoms with Crippen molar-refractivity contribution in [1.29, 1.82) is 0 Å². The summed E-state index contributed by atoms with van der Waals surface area (Å²) in [5.41, 5.74) is 1.38. The second-order valence-electron chi connectivity index (χ2n) is 5.33. The van der Waals surface area contributed by atoms with Gasteiger partial charge in [0.15, 0.2) is 23.0 Å². The largest absolute Gasteiger partial charge is 0.493 e. The Labute approximate surface area is 145 Å². The minimum Gasteiger partial charge on any atom is -0.493 e. The molecule has 2 aromatic rings. The highest BCUT2D eigenvalue weighted by Gasteiger charge is 2.16. The lowest BCUT2D eigenvalue weighted by atomic mass is 10.1. The zero-order chi connectivity index (χ0) is 17.8. The Bertz CT molecular complexity index is 764. The van der Waals surface area contributed by atoms with Crippen LogP contribution in [0.3, 0.4) is 0 Å². The maximum atomic E-state index is 12.3. The van der Waals surface area contributed by atoms with Crippen molar-refractivity contribution in [2.75, 3.05) is 33.4 Å². The highest BCUT2D eigenvalue weighted by molar-refractivity contribution is 5.92. The number of hydrogen-bond acceptors (Lipinski definition) is 6. The van der Waals surface area contributed by atoms with Crippen molar-refractivity contribution >= 4 is 11.6 Å². The van der Waals surface area contributed by atoms with Crippen LogP contribution in [-0.4, -0.2) is 34.0 Å². The Hall–Kier alpha value is -3.09. The van der Waals surface area contributed by atoms with E-state index in [1.54, 1.807) is 30.3 Å². The molecule has 2 aromatic carbocycles. The first-order valence-corrected chi connectivity index (χ1v) is 7.63. The lowest BCUT2D eigenvalue weighted by molar-refractivity contribution is -0.115. The van der Waals surface area contributed by atoms with E-state index < -0.39 is 0 Å². The number of benzene rings is 2. The number of carbonyl (C=O) groups is 1. The molecule has 7 heteroatoms. The number of ether oxygens (including phenoxy) is 5. The zero-order valence-corrected chi connectivity index (χ0v) is 14.3. The van der Waals surface area contributed by atoms with Gasteiger partial charge in [-0.2, -0.15) is 0 Å². The van der Waals surface area contributed by atoms with E-state index in [9.17, 15) is 4.79 Å². The summed E-state index contributed by atoms with van der Waals surface area (Å²) in [5, 5.41) is 2.84. The van der Waals surface area contributed by atoms with E-state index in [4.69, 9.17) is 23.7 Å². The van der Waals surface area contributed by atoms with E-state index in [0.717, 1.165) is 5.56 Å². The van der Waals surface area contributed by atoms with Crippen molar-refractivity contribution in [3.05, 3.63) is 35.9 Å². The minimum absolute atomic E-state index is 0.158. The fourth-order valence-electron chi connectivity index (χ4n) is 2.60. The van der Waals surface area contributed by atoms with Gasteiger partial charge in [0.25, 0.3) is 0 Å². The van der Waals surface area contributed by atoms with Gasteiger partial charge in [-0.15, -0.1) is 0 Å². The van der Waals surface area contributed by atoms with E-state index in [-0.39, 0.29) is 19.1 Å². The van der Waals surface area contributed by atoms with Crippen molar-refractivity contribution < 1.29 is 28.5 Å². The van der Waals surface area contributed by atoms with Gasteiger partial charge >= 0.3 is 0 Å². The molecular weight excluding hydrogens is 326 g/mol. The molecule has 0 saturated carbocycles. The first kappa shape index (κ1) is 16.8. The summed E-state index contributed by atoms with van der Waals surface area (Å²) < 4.78 is 26.4.